The molecule has 0 unspecified atom stereocenters. The van der Waals surface area contributed by atoms with Crippen LogP contribution in [-0.2, 0) is 11.2 Å². The van der Waals surface area contributed by atoms with Crippen molar-refractivity contribution in [1.82, 2.24) is 30.1 Å². The van der Waals surface area contributed by atoms with Crippen LogP contribution in [0.4, 0.5) is 0 Å². The van der Waals surface area contributed by atoms with E-state index in [2.05, 4.69) is 25.6 Å². The molecule has 1 aliphatic rings. The molecule has 3 heterocycles. The van der Waals surface area contributed by atoms with Crippen LogP contribution in [0.3, 0.4) is 0 Å². The quantitative estimate of drug-likeness (QED) is 0.510. The number of benzene rings is 1. The van der Waals surface area contributed by atoms with Crippen molar-refractivity contribution in [3.8, 4) is 0 Å². The molecule has 1 fully saturated rings. The van der Waals surface area contributed by atoms with Crippen molar-refractivity contribution in [1.29, 1.82) is 0 Å². The van der Waals surface area contributed by atoms with Gasteiger partial charge in [0.1, 0.15) is 17.5 Å². The Labute approximate surface area is 178 Å². The minimum absolute atomic E-state index is 0.0715. The van der Waals surface area contributed by atoms with Crippen molar-refractivity contribution in [2.24, 2.45) is 5.92 Å². The predicted octanol–water partition coefficient (Wildman–Crippen LogP) is 3.89. The van der Waals surface area contributed by atoms with E-state index in [1.54, 1.807) is 10.8 Å². The van der Waals surface area contributed by atoms with Crippen LogP contribution in [0.15, 0.2) is 42.9 Å². The highest BCUT2D eigenvalue weighted by Crippen LogP contribution is 2.37. The number of halogens is 1. The van der Waals surface area contributed by atoms with Crippen LogP contribution in [-0.4, -0.2) is 37.2 Å². The van der Waals surface area contributed by atoms with Crippen LogP contribution in [0.2, 0.25) is 5.02 Å². The zero-order valence-electron chi connectivity index (χ0n) is 16.5. The van der Waals surface area contributed by atoms with Gasteiger partial charge in [0, 0.05) is 35.0 Å². The molecule has 1 amide bonds. The Balaban J connectivity index is 1.19. The third-order valence-corrected chi connectivity index (χ3v) is 6.36. The molecule has 5 rings (SSSR count). The lowest BCUT2D eigenvalue weighted by Gasteiger charge is -2.26. The first-order valence-electron chi connectivity index (χ1n) is 10.4. The van der Waals surface area contributed by atoms with Crippen LogP contribution in [0.1, 0.15) is 42.9 Å². The zero-order chi connectivity index (χ0) is 20.5. The Morgan fingerprint density at radius 3 is 2.77 bits per heavy atom. The maximum atomic E-state index is 12.6. The standard InChI is InChI=1S/C22H23ClN6O/c23-17-7-1-14(2-8-17)9-11-25-22(30)16-5-3-15(4-6-16)19-20-18-10-12-24-21(18)26-13-29(20)28-27-19/h1-2,7-8,10,12-13,15-16,24H,3-6,9,11H2,(H,25,30). The number of carbonyl (C=O) groups excluding carboxylic acids is 1. The van der Waals surface area contributed by atoms with Gasteiger partial charge in [-0.05, 0) is 55.9 Å². The molecule has 0 radical (unpaired) electrons. The predicted molar refractivity (Wildman–Crippen MR) is 116 cm³/mol. The summed E-state index contributed by atoms with van der Waals surface area (Å²) in [5.74, 6) is 0.552. The number of hydrogen-bond acceptors (Lipinski definition) is 4. The number of H-pyrrole nitrogens is 1. The summed E-state index contributed by atoms with van der Waals surface area (Å²) in [6.45, 7) is 0.647. The molecule has 154 valence electrons. The van der Waals surface area contributed by atoms with E-state index < -0.39 is 0 Å². The van der Waals surface area contributed by atoms with E-state index in [0.29, 0.717) is 12.5 Å². The Bertz CT molecular complexity index is 1170. The molecule has 1 aliphatic carbocycles. The smallest absolute Gasteiger partial charge is 0.223 e. The first-order chi connectivity index (χ1) is 14.7. The summed E-state index contributed by atoms with van der Waals surface area (Å²) in [6, 6.07) is 9.78. The largest absolute Gasteiger partial charge is 0.356 e. The normalized spacial score (nSPS) is 19.4. The fraction of sp³-hybridized carbons (Fsp3) is 0.364. The van der Waals surface area contributed by atoms with Crippen LogP contribution in [0, 0.1) is 5.92 Å². The molecular weight excluding hydrogens is 400 g/mol. The summed E-state index contributed by atoms with van der Waals surface area (Å²) < 4.78 is 1.75. The van der Waals surface area contributed by atoms with Gasteiger partial charge < -0.3 is 10.3 Å². The van der Waals surface area contributed by atoms with E-state index in [-0.39, 0.29) is 11.8 Å². The van der Waals surface area contributed by atoms with Gasteiger partial charge in [-0.3, -0.25) is 4.79 Å². The van der Waals surface area contributed by atoms with Gasteiger partial charge >= 0.3 is 0 Å². The Morgan fingerprint density at radius 1 is 1.17 bits per heavy atom. The third-order valence-electron chi connectivity index (χ3n) is 6.11. The molecule has 2 N–H and O–H groups in total. The van der Waals surface area contributed by atoms with E-state index in [0.717, 1.165) is 59.4 Å². The number of carbonyl (C=O) groups is 1. The van der Waals surface area contributed by atoms with Gasteiger partial charge in [0.15, 0.2) is 0 Å². The summed E-state index contributed by atoms with van der Waals surface area (Å²) in [7, 11) is 0. The molecule has 0 spiro atoms. The molecule has 1 saturated carbocycles. The summed E-state index contributed by atoms with van der Waals surface area (Å²) in [4.78, 5) is 20.1. The Hall–Kier alpha value is -2.93. The number of fused-ring (bicyclic) bond motifs is 3. The van der Waals surface area contributed by atoms with Gasteiger partial charge in [0.25, 0.3) is 0 Å². The van der Waals surface area contributed by atoms with E-state index in [1.807, 2.05) is 36.5 Å². The second-order valence-electron chi connectivity index (χ2n) is 7.97. The number of aromatic amines is 1. The first-order valence-corrected chi connectivity index (χ1v) is 10.8. The van der Waals surface area contributed by atoms with Crippen LogP contribution in [0.5, 0.6) is 0 Å². The van der Waals surface area contributed by atoms with Gasteiger partial charge in [-0.25, -0.2) is 9.50 Å². The zero-order valence-corrected chi connectivity index (χ0v) is 17.3. The lowest BCUT2D eigenvalue weighted by Crippen LogP contribution is -2.34. The second-order valence-corrected chi connectivity index (χ2v) is 8.40. The summed E-state index contributed by atoms with van der Waals surface area (Å²) in [5, 5.41) is 13.6. The highest BCUT2D eigenvalue weighted by Gasteiger charge is 2.30. The van der Waals surface area contributed by atoms with E-state index in [9.17, 15) is 4.79 Å². The summed E-state index contributed by atoms with van der Waals surface area (Å²) in [6.07, 6.45) is 8.03. The molecule has 0 atom stereocenters. The monoisotopic (exact) mass is 422 g/mol. The van der Waals surface area contributed by atoms with Gasteiger partial charge in [-0.1, -0.05) is 28.9 Å². The average Bonchev–Trinajstić information content (AvgIpc) is 3.41. The second kappa shape index (κ2) is 8.07. The van der Waals surface area contributed by atoms with E-state index in [1.165, 1.54) is 5.56 Å². The van der Waals surface area contributed by atoms with Gasteiger partial charge in [0.2, 0.25) is 5.91 Å². The Kier molecular flexibility index (Phi) is 5.12. The molecule has 7 nitrogen and oxygen atoms in total. The third kappa shape index (κ3) is 3.65. The van der Waals surface area contributed by atoms with Crippen molar-refractivity contribution in [3.05, 3.63) is 59.1 Å². The maximum absolute atomic E-state index is 12.6. The average molecular weight is 423 g/mol. The topological polar surface area (TPSA) is 88.0 Å². The van der Waals surface area contributed by atoms with Crippen molar-refractivity contribution in [2.75, 3.05) is 6.54 Å². The minimum Gasteiger partial charge on any atom is -0.356 e. The fourth-order valence-electron chi connectivity index (χ4n) is 4.45. The summed E-state index contributed by atoms with van der Waals surface area (Å²) >= 11 is 5.92. The van der Waals surface area contributed by atoms with Crippen molar-refractivity contribution < 1.29 is 4.79 Å². The molecular formula is C22H23ClN6O. The molecule has 8 heteroatoms. The van der Waals surface area contributed by atoms with Crippen LogP contribution in [0.25, 0.3) is 16.6 Å². The van der Waals surface area contributed by atoms with Gasteiger partial charge in [-0.2, -0.15) is 0 Å². The lowest BCUT2D eigenvalue weighted by atomic mass is 9.79. The lowest BCUT2D eigenvalue weighted by molar-refractivity contribution is -0.125. The van der Waals surface area contributed by atoms with Gasteiger partial charge in [-0.15, -0.1) is 5.10 Å². The van der Waals surface area contributed by atoms with Crippen molar-refractivity contribution >= 4 is 34.1 Å². The van der Waals surface area contributed by atoms with Crippen molar-refractivity contribution in [3.63, 3.8) is 0 Å². The van der Waals surface area contributed by atoms with E-state index >= 15 is 0 Å². The highest BCUT2D eigenvalue weighted by atomic mass is 35.5. The molecule has 0 aliphatic heterocycles. The molecule has 30 heavy (non-hydrogen) atoms. The maximum Gasteiger partial charge on any atom is 0.223 e. The van der Waals surface area contributed by atoms with Crippen LogP contribution < -0.4 is 5.32 Å². The number of rotatable bonds is 5. The number of nitrogens with zero attached hydrogens (tertiary/aromatic N) is 4. The van der Waals surface area contributed by atoms with E-state index in [4.69, 9.17) is 11.6 Å². The number of amides is 1. The highest BCUT2D eigenvalue weighted by molar-refractivity contribution is 6.30. The molecule has 3 aromatic heterocycles. The molecule has 1 aromatic carbocycles. The molecule has 0 saturated heterocycles. The number of nitrogens with one attached hydrogen (secondary N) is 2. The van der Waals surface area contributed by atoms with Crippen molar-refractivity contribution in [2.45, 2.75) is 38.0 Å². The van der Waals surface area contributed by atoms with Gasteiger partial charge in [0.05, 0.1) is 5.69 Å². The van der Waals surface area contributed by atoms with Crippen LogP contribution >= 0.6 is 11.6 Å². The minimum atomic E-state index is 0.0715. The summed E-state index contributed by atoms with van der Waals surface area (Å²) in [5.41, 5.74) is 4.06. The Morgan fingerprint density at radius 2 is 1.97 bits per heavy atom. The molecule has 4 aromatic rings. The first kappa shape index (κ1) is 19.1. The molecule has 0 bridgehead atoms. The number of hydrogen-bond donors (Lipinski definition) is 2. The number of aromatic nitrogens is 5. The fourth-order valence-corrected chi connectivity index (χ4v) is 4.57. The SMILES string of the molecule is O=C(NCCc1ccc(Cl)cc1)C1CCC(c2nnn3cnc4[nH]ccc4c23)CC1.